The summed E-state index contributed by atoms with van der Waals surface area (Å²) in [5, 5.41) is 11.0. The molecular weight excluding hydrogens is 328 g/mol. The SMILES string of the molecule is CCCc1ccc(C(C)NS(=O)(=O)c2ccccc2[N+](=O)[O-])cc1. The number of nitrogens with one attached hydrogen (secondary N) is 1. The quantitative estimate of drug-likeness (QED) is 0.611. The Kier molecular flexibility index (Phi) is 5.69. The zero-order chi connectivity index (χ0) is 17.7. The molecule has 1 unspecified atom stereocenters. The summed E-state index contributed by atoms with van der Waals surface area (Å²) in [6.07, 6.45) is 2.01. The van der Waals surface area contributed by atoms with Gasteiger partial charge in [0.15, 0.2) is 4.90 Å². The molecule has 0 saturated carbocycles. The fourth-order valence-electron chi connectivity index (χ4n) is 2.46. The van der Waals surface area contributed by atoms with E-state index >= 15 is 0 Å². The smallest absolute Gasteiger partial charge is 0.258 e. The van der Waals surface area contributed by atoms with Crippen LogP contribution in [0.4, 0.5) is 5.69 Å². The van der Waals surface area contributed by atoms with E-state index in [2.05, 4.69) is 11.6 Å². The Balaban J connectivity index is 2.24. The summed E-state index contributed by atoms with van der Waals surface area (Å²) in [7, 11) is -4.00. The van der Waals surface area contributed by atoms with Crippen LogP contribution < -0.4 is 4.72 Å². The molecule has 2 rings (SSSR count). The second-order valence-corrected chi connectivity index (χ2v) is 7.24. The van der Waals surface area contributed by atoms with Gasteiger partial charge in [-0.05, 0) is 30.5 Å². The van der Waals surface area contributed by atoms with Crippen molar-refractivity contribution in [3.05, 3.63) is 69.8 Å². The lowest BCUT2D eigenvalue weighted by Crippen LogP contribution is -2.27. The van der Waals surface area contributed by atoms with Crippen LogP contribution in [-0.2, 0) is 16.4 Å². The molecule has 1 N–H and O–H groups in total. The Hall–Kier alpha value is -2.25. The average molecular weight is 348 g/mol. The Morgan fingerprint density at radius 2 is 1.75 bits per heavy atom. The molecule has 0 aliphatic heterocycles. The van der Waals surface area contributed by atoms with E-state index < -0.39 is 26.7 Å². The van der Waals surface area contributed by atoms with Crippen LogP contribution >= 0.6 is 0 Å². The van der Waals surface area contributed by atoms with Crippen LogP contribution in [-0.4, -0.2) is 13.3 Å². The summed E-state index contributed by atoms with van der Waals surface area (Å²) < 4.78 is 27.5. The van der Waals surface area contributed by atoms with E-state index in [0.29, 0.717) is 0 Å². The van der Waals surface area contributed by atoms with Crippen LogP contribution in [0.15, 0.2) is 53.4 Å². The van der Waals surface area contributed by atoms with Crippen LogP contribution in [0.1, 0.15) is 37.4 Å². The van der Waals surface area contributed by atoms with Gasteiger partial charge in [-0.3, -0.25) is 10.1 Å². The summed E-state index contributed by atoms with van der Waals surface area (Å²) in [6.45, 7) is 3.80. The largest absolute Gasteiger partial charge is 0.289 e. The first-order valence-corrected chi connectivity index (χ1v) is 9.18. The van der Waals surface area contributed by atoms with Gasteiger partial charge < -0.3 is 0 Å². The molecule has 0 fully saturated rings. The molecule has 2 aromatic rings. The van der Waals surface area contributed by atoms with E-state index in [1.807, 2.05) is 24.3 Å². The summed E-state index contributed by atoms with van der Waals surface area (Å²) in [4.78, 5) is 10.0. The second-order valence-electron chi connectivity index (χ2n) is 5.56. The number of rotatable bonds is 7. The molecule has 0 bridgehead atoms. The molecule has 0 radical (unpaired) electrons. The predicted octanol–water partition coefficient (Wildman–Crippen LogP) is 3.59. The summed E-state index contributed by atoms with van der Waals surface area (Å²) in [5.74, 6) is 0. The monoisotopic (exact) mass is 348 g/mol. The molecule has 128 valence electrons. The van der Waals surface area contributed by atoms with Gasteiger partial charge >= 0.3 is 0 Å². The first kappa shape index (κ1) is 18.1. The number of para-hydroxylation sites is 1. The van der Waals surface area contributed by atoms with Crippen molar-refractivity contribution in [2.75, 3.05) is 0 Å². The third kappa shape index (κ3) is 4.18. The number of nitro benzene ring substituents is 1. The highest BCUT2D eigenvalue weighted by Gasteiger charge is 2.26. The Morgan fingerprint density at radius 3 is 2.33 bits per heavy atom. The third-order valence-corrected chi connectivity index (χ3v) is 5.29. The first-order chi connectivity index (χ1) is 11.3. The zero-order valence-electron chi connectivity index (χ0n) is 13.6. The molecule has 2 aromatic carbocycles. The molecule has 0 spiro atoms. The highest BCUT2D eigenvalue weighted by atomic mass is 32.2. The molecule has 0 aliphatic carbocycles. The molecular formula is C17H20N2O4S. The lowest BCUT2D eigenvalue weighted by Gasteiger charge is -2.15. The maximum absolute atomic E-state index is 12.5. The molecule has 1 atom stereocenters. The van der Waals surface area contributed by atoms with Crippen molar-refractivity contribution in [3.8, 4) is 0 Å². The number of nitrogens with zero attached hydrogens (tertiary/aromatic N) is 1. The van der Waals surface area contributed by atoms with Crippen LogP contribution in [0.2, 0.25) is 0 Å². The van der Waals surface area contributed by atoms with Gasteiger partial charge in [0.25, 0.3) is 5.69 Å². The van der Waals surface area contributed by atoms with Crippen LogP contribution in [0.5, 0.6) is 0 Å². The summed E-state index contributed by atoms with van der Waals surface area (Å²) in [5.41, 5.74) is 1.56. The fraction of sp³-hybridized carbons (Fsp3) is 0.294. The van der Waals surface area contributed by atoms with Gasteiger partial charge in [0.05, 0.1) is 4.92 Å². The van der Waals surface area contributed by atoms with E-state index in [-0.39, 0.29) is 4.90 Å². The molecule has 7 heteroatoms. The van der Waals surface area contributed by atoms with Gasteiger partial charge in [-0.25, -0.2) is 13.1 Å². The van der Waals surface area contributed by atoms with Gasteiger partial charge in [0, 0.05) is 12.1 Å². The van der Waals surface area contributed by atoms with E-state index in [4.69, 9.17) is 0 Å². The standard InChI is InChI=1S/C17H20N2O4S/c1-3-6-14-9-11-15(12-10-14)13(2)18-24(22,23)17-8-5-4-7-16(17)19(20)21/h4-5,7-13,18H,3,6H2,1-2H3. The fourth-order valence-corrected chi connectivity index (χ4v) is 3.87. The van der Waals surface area contributed by atoms with Crippen molar-refractivity contribution in [1.29, 1.82) is 0 Å². The minimum absolute atomic E-state index is 0.329. The lowest BCUT2D eigenvalue weighted by molar-refractivity contribution is -0.387. The number of aryl methyl sites for hydroxylation is 1. The average Bonchev–Trinajstić information content (AvgIpc) is 2.55. The molecule has 0 aromatic heterocycles. The van der Waals surface area contributed by atoms with Gasteiger partial charge in [0.2, 0.25) is 10.0 Å². The normalized spacial score (nSPS) is 12.8. The number of hydrogen-bond acceptors (Lipinski definition) is 4. The molecule has 24 heavy (non-hydrogen) atoms. The molecule has 0 heterocycles. The highest BCUT2D eigenvalue weighted by molar-refractivity contribution is 7.89. The zero-order valence-corrected chi connectivity index (χ0v) is 14.4. The number of nitro groups is 1. The molecule has 0 amide bonds. The number of hydrogen-bond donors (Lipinski definition) is 1. The minimum atomic E-state index is -4.00. The second kappa shape index (κ2) is 7.55. The van der Waals surface area contributed by atoms with Crippen molar-refractivity contribution in [3.63, 3.8) is 0 Å². The van der Waals surface area contributed by atoms with Gasteiger partial charge in [0.1, 0.15) is 0 Å². The van der Waals surface area contributed by atoms with Gasteiger partial charge in [-0.2, -0.15) is 0 Å². The van der Waals surface area contributed by atoms with E-state index in [1.54, 1.807) is 6.92 Å². The predicted molar refractivity (Wildman–Crippen MR) is 92.3 cm³/mol. The maximum Gasteiger partial charge on any atom is 0.289 e. The number of benzene rings is 2. The Labute approximate surface area is 141 Å². The Morgan fingerprint density at radius 1 is 1.12 bits per heavy atom. The summed E-state index contributed by atoms with van der Waals surface area (Å²) in [6, 6.07) is 12.5. The van der Waals surface area contributed by atoms with E-state index in [0.717, 1.165) is 18.4 Å². The Bertz CT molecular complexity index is 817. The minimum Gasteiger partial charge on any atom is -0.258 e. The van der Waals surface area contributed by atoms with Gasteiger partial charge in [-0.1, -0.05) is 49.7 Å². The van der Waals surface area contributed by atoms with Gasteiger partial charge in [-0.15, -0.1) is 0 Å². The third-order valence-electron chi connectivity index (χ3n) is 3.70. The number of sulfonamides is 1. The van der Waals surface area contributed by atoms with Crippen molar-refractivity contribution in [1.82, 2.24) is 4.72 Å². The highest BCUT2D eigenvalue weighted by Crippen LogP contribution is 2.25. The molecule has 6 nitrogen and oxygen atoms in total. The maximum atomic E-state index is 12.5. The van der Waals surface area contributed by atoms with Crippen molar-refractivity contribution in [2.45, 2.75) is 37.6 Å². The molecule has 0 aliphatic rings. The van der Waals surface area contributed by atoms with Crippen molar-refractivity contribution < 1.29 is 13.3 Å². The lowest BCUT2D eigenvalue weighted by atomic mass is 10.0. The van der Waals surface area contributed by atoms with Crippen LogP contribution in [0.3, 0.4) is 0 Å². The van der Waals surface area contributed by atoms with Crippen LogP contribution in [0, 0.1) is 10.1 Å². The van der Waals surface area contributed by atoms with E-state index in [9.17, 15) is 18.5 Å². The van der Waals surface area contributed by atoms with Crippen molar-refractivity contribution >= 4 is 15.7 Å². The first-order valence-electron chi connectivity index (χ1n) is 7.69. The van der Waals surface area contributed by atoms with Crippen LogP contribution in [0.25, 0.3) is 0 Å². The summed E-state index contributed by atoms with van der Waals surface area (Å²) >= 11 is 0. The molecule has 0 saturated heterocycles. The van der Waals surface area contributed by atoms with E-state index in [1.165, 1.54) is 29.8 Å². The topological polar surface area (TPSA) is 89.3 Å². The van der Waals surface area contributed by atoms with Crippen molar-refractivity contribution in [2.24, 2.45) is 0 Å².